The first-order chi connectivity index (χ1) is 10.1. The van der Waals surface area contributed by atoms with E-state index in [1.165, 1.54) is 47.9 Å². The van der Waals surface area contributed by atoms with Crippen LogP contribution in [0.5, 0.6) is 0 Å². The van der Waals surface area contributed by atoms with Crippen LogP contribution in [0.3, 0.4) is 0 Å². The SMILES string of the molecule is CCC1CCCC(c2nc(NC)c3c(C)c(C)sc3n2)C1. The van der Waals surface area contributed by atoms with E-state index in [1.807, 2.05) is 7.05 Å². The lowest BCUT2D eigenvalue weighted by Gasteiger charge is -2.27. The van der Waals surface area contributed by atoms with Crippen molar-refractivity contribution in [3.63, 3.8) is 0 Å². The molecular formula is C17H25N3S. The Morgan fingerprint density at radius 1 is 1.24 bits per heavy atom. The van der Waals surface area contributed by atoms with Crippen LogP contribution in [0.2, 0.25) is 0 Å². The molecule has 0 radical (unpaired) electrons. The van der Waals surface area contributed by atoms with E-state index >= 15 is 0 Å². The summed E-state index contributed by atoms with van der Waals surface area (Å²) >= 11 is 1.80. The average Bonchev–Trinajstić information content (AvgIpc) is 2.81. The molecule has 1 fully saturated rings. The second kappa shape index (κ2) is 5.91. The maximum Gasteiger partial charge on any atom is 0.138 e. The van der Waals surface area contributed by atoms with Crippen molar-refractivity contribution in [3.8, 4) is 0 Å². The molecule has 2 unspecified atom stereocenters. The van der Waals surface area contributed by atoms with Gasteiger partial charge in [-0.15, -0.1) is 11.3 Å². The van der Waals surface area contributed by atoms with Crippen LogP contribution in [-0.2, 0) is 0 Å². The van der Waals surface area contributed by atoms with Crippen LogP contribution in [0, 0.1) is 19.8 Å². The molecule has 4 heteroatoms. The molecule has 0 bridgehead atoms. The third kappa shape index (κ3) is 2.66. The Balaban J connectivity index is 2.03. The molecule has 1 aliphatic rings. The number of fused-ring (bicyclic) bond motifs is 1. The minimum Gasteiger partial charge on any atom is -0.372 e. The monoisotopic (exact) mass is 303 g/mol. The van der Waals surface area contributed by atoms with Gasteiger partial charge >= 0.3 is 0 Å². The molecule has 0 aromatic carbocycles. The number of aryl methyl sites for hydroxylation is 2. The van der Waals surface area contributed by atoms with Gasteiger partial charge in [-0.25, -0.2) is 9.97 Å². The highest BCUT2D eigenvalue weighted by Gasteiger charge is 2.25. The minimum atomic E-state index is 0.544. The van der Waals surface area contributed by atoms with Gasteiger partial charge in [0.05, 0.1) is 5.39 Å². The first-order valence-electron chi connectivity index (χ1n) is 8.09. The van der Waals surface area contributed by atoms with Crippen molar-refractivity contribution in [2.45, 2.75) is 58.8 Å². The average molecular weight is 303 g/mol. The molecule has 2 aromatic rings. The Labute approximate surface area is 131 Å². The first-order valence-corrected chi connectivity index (χ1v) is 8.91. The normalized spacial score (nSPS) is 22.7. The fourth-order valence-corrected chi connectivity index (χ4v) is 4.56. The van der Waals surface area contributed by atoms with Crippen LogP contribution in [0.15, 0.2) is 0 Å². The van der Waals surface area contributed by atoms with Gasteiger partial charge in [-0.2, -0.15) is 0 Å². The van der Waals surface area contributed by atoms with Crippen LogP contribution >= 0.6 is 11.3 Å². The molecule has 1 N–H and O–H groups in total. The summed E-state index contributed by atoms with van der Waals surface area (Å²) in [6.45, 7) is 6.66. The summed E-state index contributed by atoms with van der Waals surface area (Å²) in [6.07, 6.45) is 6.49. The Morgan fingerprint density at radius 3 is 2.76 bits per heavy atom. The summed E-state index contributed by atoms with van der Waals surface area (Å²) in [5, 5.41) is 4.50. The standard InChI is InChI=1S/C17H25N3S/c1-5-12-7-6-8-13(9-12)15-19-16(18-4)14-10(2)11(3)21-17(14)20-15/h12-13H,5-9H2,1-4H3,(H,18,19,20). The molecule has 2 aromatic heterocycles. The Hall–Kier alpha value is -1.16. The van der Waals surface area contributed by atoms with Crippen molar-refractivity contribution in [1.82, 2.24) is 9.97 Å². The summed E-state index contributed by atoms with van der Waals surface area (Å²) in [4.78, 5) is 12.3. The van der Waals surface area contributed by atoms with Gasteiger partial charge in [-0.05, 0) is 38.2 Å². The number of aromatic nitrogens is 2. The molecule has 1 saturated carbocycles. The van der Waals surface area contributed by atoms with Crippen molar-refractivity contribution in [3.05, 3.63) is 16.3 Å². The van der Waals surface area contributed by atoms with E-state index in [0.29, 0.717) is 5.92 Å². The maximum atomic E-state index is 4.93. The smallest absolute Gasteiger partial charge is 0.138 e. The van der Waals surface area contributed by atoms with Gasteiger partial charge in [0, 0.05) is 17.8 Å². The molecule has 3 nitrogen and oxygen atoms in total. The molecule has 2 heterocycles. The van der Waals surface area contributed by atoms with E-state index in [1.54, 1.807) is 11.3 Å². The van der Waals surface area contributed by atoms with Gasteiger partial charge in [0.1, 0.15) is 16.5 Å². The molecule has 1 aliphatic carbocycles. The molecule has 3 rings (SSSR count). The van der Waals surface area contributed by atoms with Crippen molar-refractivity contribution in [2.75, 3.05) is 12.4 Å². The lowest BCUT2D eigenvalue weighted by molar-refractivity contribution is 0.308. The van der Waals surface area contributed by atoms with E-state index in [4.69, 9.17) is 9.97 Å². The van der Waals surface area contributed by atoms with E-state index < -0.39 is 0 Å². The lowest BCUT2D eigenvalue weighted by Crippen LogP contribution is -2.16. The number of nitrogens with zero attached hydrogens (tertiary/aromatic N) is 2. The molecule has 0 spiro atoms. The molecule has 2 atom stereocenters. The molecule has 21 heavy (non-hydrogen) atoms. The number of thiophene rings is 1. The molecular weight excluding hydrogens is 278 g/mol. The van der Waals surface area contributed by atoms with Gasteiger partial charge in [0.15, 0.2) is 0 Å². The van der Waals surface area contributed by atoms with E-state index in [9.17, 15) is 0 Å². The van der Waals surface area contributed by atoms with E-state index in [2.05, 4.69) is 26.1 Å². The second-order valence-electron chi connectivity index (χ2n) is 6.28. The third-order valence-corrected chi connectivity index (χ3v) is 6.11. The number of rotatable bonds is 3. The number of hydrogen-bond acceptors (Lipinski definition) is 4. The molecule has 114 valence electrons. The maximum absolute atomic E-state index is 4.93. The van der Waals surface area contributed by atoms with E-state index in [-0.39, 0.29) is 0 Å². The molecule has 0 saturated heterocycles. The largest absolute Gasteiger partial charge is 0.372 e. The zero-order valence-electron chi connectivity index (χ0n) is 13.5. The van der Waals surface area contributed by atoms with Gasteiger partial charge in [0.25, 0.3) is 0 Å². The highest BCUT2D eigenvalue weighted by Crippen LogP contribution is 2.39. The van der Waals surface area contributed by atoms with Crippen molar-refractivity contribution >= 4 is 27.4 Å². The first kappa shape index (κ1) is 14.8. The number of anilines is 1. The highest BCUT2D eigenvalue weighted by molar-refractivity contribution is 7.18. The second-order valence-corrected chi connectivity index (χ2v) is 7.48. The van der Waals surface area contributed by atoms with Crippen LogP contribution < -0.4 is 5.32 Å². The van der Waals surface area contributed by atoms with Crippen LogP contribution in [0.1, 0.15) is 61.2 Å². The highest BCUT2D eigenvalue weighted by atomic mass is 32.1. The topological polar surface area (TPSA) is 37.8 Å². The predicted octanol–water partition coefficient (Wildman–Crippen LogP) is 5.03. The van der Waals surface area contributed by atoms with Crippen LogP contribution in [0.25, 0.3) is 10.2 Å². The Kier molecular flexibility index (Phi) is 4.16. The van der Waals surface area contributed by atoms with Gasteiger partial charge in [0.2, 0.25) is 0 Å². The zero-order chi connectivity index (χ0) is 15.0. The van der Waals surface area contributed by atoms with Gasteiger partial charge in [-0.3, -0.25) is 0 Å². The quantitative estimate of drug-likeness (QED) is 0.863. The fourth-order valence-electron chi connectivity index (χ4n) is 3.53. The minimum absolute atomic E-state index is 0.544. The van der Waals surface area contributed by atoms with Crippen LogP contribution in [0.4, 0.5) is 5.82 Å². The summed E-state index contributed by atoms with van der Waals surface area (Å²) < 4.78 is 0. The lowest BCUT2D eigenvalue weighted by atomic mass is 9.80. The van der Waals surface area contributed by atoms with Gasteiger partial charge < -0.3 is 5.32 Å². The predicted molar refractivity (Wildman–Crippen MR) is 91.4 cm³/mol. The van der Waals surface area contributed by atoms with Crippen LogP contribution in [-0.4, -0.2) is 17.0 Å². The van der Waals surface area contributed by atoms with Crippen molar-refractivity contribution in [2.24, 2.45) is 5.92 Å². The summed E-state index contributed by atoms with van der Waals surface area (Å²) in [7, 11) is 1.97. The Bertz CT molecular complexity index is 647. The number of hydrogen-bond donors (Lipinski definition) is 1. The van der Waals surface area contributed by atoms with Crippen molar-refractivity contribution < 1.29 is 0 Å². The zero-order valence-corrected chi connectivity index (χ0v) is 14.3. The Morgan fingerprint density at radius 2 is 2.05 bits per heavy atom. The molecule has 0 amide bonds. The fraction of sp³-hybridized carbons (Fsp3) is 0.647. The summed E-state index contributed by atoms with van der Waals surface area (Å²) in [6, 6.07) is 0. The summed E-state index contributed by atoms with van der Waals surface area (Å²) in [5.41, 5.74) is 1.32. The van der Waals surface area contributed by atoms with Crippen molar-refractivity contribution in [1.29, 1.82) is 0 Å². The van der Waals surface area contributed by atoms with E-state index in [0.717, 1.165) is 22.4 Å². The third-order valence-electron chi connectivity index (χ3n) is 5.01. The number of nitrogens with one attached hydrogen (secondary N) is 1. The summed E-state index contributed by atoms with van der Waals surface area (Å²) in [5.74, 6) is 3.47. The molecule has 0 aliphatic heterocycles. The van der Waals surface area contributed by atoms with Gasteiger partial charge in [-0.1, -0.05) is 26.2 Å².